The highest BCUT2D eigenvalue weighted by atomic mass is 127. The third kappa shape index (κ3) is 6.41. The van der Waals surface area contributed by atoms with Crippen LogP contribution in [0.3, 0.4) is 0 Å². The van der Waals surface area contributed by atoms with Gasteiger partial charge in [0.15, 0.2) is 17.5 Å². The molecule has 6 nitrogen and oxygen atoms in total. The van der Waals surface area contributed by atoms with E-state index in [9.17, 15) is 0 Å². The number of piperidine rings is 1. The first-order valence-electron chi connectivity index (χ1n) is 9.72. The van der Waals surface area contributed by atoms with Crippen LogP contribution in [0.4, 0.5) is 0 Å². The van der Waals surface area contributed by atoms with Gasteiger partial charge in [0.1, 0.15) is 12.7 Å². The fourth-order valence-corrected chi connectivity index (χ4v) is 3.57. The van der Waals surface area contributed by atoms with Crippen LogP contribution in [0.25, 0.3) is 0 Å². The summed E-state index contributed by atoms with van der Waals surface area (Å²) in [6.45, 7) is 9.11. The lowest BCUT2D eigenvalue weighted by molar-refractivity contribution is 0.0935. The third-order valence-electron chi connectivity index (χ3n) is 5.13. The van der Waals surface area contributed by atoms with Crippen LogP contribution in [0.15, 0.2) is 29.3 Å². The molecule has 0 aromatic heterocycles. The zero-order valence-electron chi connectivity index (χ0n) is 16.6. The highest BCUT2D eigenvalue weighted by Gasteiger charge is 2.23. The Hall–Kier alpha value is -1.22. The molecule has 7 heteroatoms. The van der Waals surface area contributed by atoms with E-state index in [0.717, 1.165) is 30.5 Å². The standard InChI is InChI=1S/C20H32N4O2.HI/c1-15(2)24-10-6-7-16(13-24)11-22-20(21-3)23-12-17-14-25-18-8-4-5-9-19(18)26-17;/h4-5,8-9,15-17H,6-7,10-14H2,1-3H3,(H2,21,22,23);1H. The molecule has 2 atom stereocenters. The van der Waals surface area contributed by atoms with Gasteiger partial charge in [0.05, 0.1) is 6.54 Å². The lowest BCUT2D eigenvalue weighted by atomic mass is 9.97. The number of rotatable bonds is 5. The Morgan fingerprint density at radius 2 is 1.96 bits per heavy atom. The van der Waals surface area contributed by atoms with Crippen molar-refractivity contribution in [3.63, 3.8) is 0 Å². The van der Waals surface area contributed by atoms with E-state index in [1.54, 1.807) is 0 Å². The number of halogens is 1. The molecule has 0 aliphatic carbocycles. The van der Waals surface area contributed by atoms with Crippen LogP contribution >= 0.6 is 24.0 Å². The number of para-hydroxylation sites is 2. The van der Waals surface area contributed by atoms with E-state index in [4.69, 9.17) is 9.47 Å². The van der Waals surface area contributed by atoms with Crippen molar-refractivity contribution in [2.75, 3.05) is 39.8 Å². The molecular formula is C20H33IN4O2. The van der Waals surface area contributed by atoms with E-state index in [0.29, 0.717) is 25.1 Å². The number of hydrogen-bond donors (Lipinski definition) is 2. The molecule has 0 bridgehead atoms. The predicted octanol–water partition coefficient (Wildman–Crippen LogP) is 2.73. The first-order valence-corrected chi connectivity index (χ1v) is 9.72. The molecular weight excluding hydrogens is 455 g/mol. The normalized spacial score (nSPS) is 22.9. The van der Waals surface area contributed by atoms with Crippen molar-refractivity contribution in [3.8, 4) is 11.5 Å². The largest absolute Gasteiger partial charge is 0.486 e. The van der Waals surface area contributed by atoms with Gasteiger partial charge < -0.3 is 25.0 Å². The fourth-order valence-electron chi connectivity index (χ4n) is 3.57. The molecule has 0 amide bonds. The van der Waals surface area contributed by atoms with Gasteiger partial charge >= 0.3 is 0 Å². The molecule has 1 aromatic rings. The van der Waals surface area contributed by atoms with Crippen molar-refractivity contribution in [1.29, 1.82) is 0 Å². The van der Waals surface area contributed by atoms with Gasteiger partial charge in [0.25, 0.3) is 0 Å². The molecule has 0 spiro atoms. The van der Waals surface area contributed by atoms with Gasteiger partial charge in [0.2, 0.25) is 0 Å². The monoisotopic (exact) mass is 488 g/mol. The number of nitrogens with one attached hydrogen (secondary N) is 2. The molecule has 2 aliphatic rings. The predicted molar refractivity (Wildman–Crippen MR) is 121 cm³/mol. The number of fused-ring (bicyclic) bond motifs is 1. The van der Waals surface area contributed by atoms with Crippen LogP contribution in [0.1, 0.15) is 26.7 Å². The van der Waals surface area contributed by atoms with Crippen molar-refractivity contribution in [1.82, 2.24) is 15.5 Å². The van der Waals surface area contributed by atoms with E-state index in [2.05, 4.69) is 34.4 Å². The quantitative estimate of drug-likeness (QED) is 0.380. The van der Waals surface area contributed by atoms with Crippen molar-refractivity contribution in [2.45, 2.75) is 38.8 Å². The van der Waals surface area contributed by atoms with Gasteiger partial charge in [-0.05, 0) is 51.3 Å². The maximum absolute atomic E-state index is 5.98. The molecule has 152 valence electrons. The van der Waals surface area contributed by atoms with Crippen molar-refractivity contribution < 1.29 is 9.47 Å². The van der Waals surface area contributed by atoms with Crippen LogP contribution in [-0.2, 0) is 0 Å². The molecule has 3 rings (SSSR count). The summed E-state index contributed by atoms with van der Waals surface area (Å²) in [5.74, 6) is 3.13. The van der Waals surface area contributed by atoms with Gasteiger partial charge in [0, 0.05) is 26.2 Å². The number of ether oxygens (including phenoxy) is 2. The van der Waals surface area contributed by atoms with Crippen LogP contribution in [-0.4, -0.2) is 62.8 Å². The average Bonchev–Trinajstić information content (AvgIpc) is 2.68. The Morgan fingerprint density at radius 1 is 1.22 bits per heavy atom. The van der Waals surface area contributed by atoms with Crippen molar-refractivity contribution >= 4 is 29.9 Å². The maximum Gasteiger partial charge on any atom is 0.191 e. The minimum absolute atomic E-state index is 0. The minimum atomic E-state index is -0.0189. The number of hydrogen-bond acceptors (Lipinski definition) is 4. The van der Waals surface area contributed by atoms with Gasteiger partial charge in [-0.15, -0.1) is 24.0 Å². The SMILES string of the molecule is CN=C(NCC1CCCN(C(C)C)C1)NCC1COc2ccccc2O1.I. The third-order valence-corrected chi connectivity index (χ3v) is 5.13. The second kappa shape index (κ2) is 10.9. The smallest absolute Gasteiger partial charge is 0.191 e. The Morgan fingerprint density at radius 3 is 2.70 bits per heavy atom. The Balaban J connectivity index is 0.00000261. The Kier molecular flexibility index (Phi) is 8.95. The molecule has 1 aromatic carbocycles. The lowest BCUT2D eigenvalue weighted by Crippen LogP contribution is -2.48. The molecule has 2 aliphatic heterocycles. The van der Waals surface area contributed by atoms with Crippen LogP contribution < -0.4 is 20.1 Å². The topological polar surface area (TPSA) is 58.1 Å². The minimum Gasteiger partial charge on any atom is -0.486 e. The summed E-state index contributed by atoms with van der Waals surface area (Å²) < 4.78 is 11.7. The Labute approximate surface area is 180 Å². The first-order chi connectivity index (χ1) is 12.7. The molecule has 27 heavy (non-hydrogen) atoms. The number of aliphatic imine (C=N–C) groups is 1. The molecule has 2 N–H and O–H groups in total. The van der Waals surface area contributed by atoms with Crippen LogP contribution in [0.2, 0.25) is 0 Å². The number of nitrogens with zero attached hydrogens (tertiary/aromatic N) is 2. The van der Waals surface area contributed by atoms with Crippen molar-refractivity contribution in [3.05, 3.63) is 24.3 Å². The summed E-state index contributed by atoms with van der Waals surface area (Å²) in [6, 6.07) is 8.42. The molecule has 2 unspecified atom stereocenters. The maximum atomic E-state index is 5.98. The average molecular weight is 488 g/mol. The van der Waals surface area contributed by atoms with E-state index < -0.39 is 0 Å². The van der Waals surface area contributed by atoms with Gasteiger partial charge in [-0.3, -0.25) is 4.99 Å². The second-order valence-electron chi connectivity index (χ2n) is 7.43. The number of likely N-dealkylation sites (tertiary alicyclic amines) is 1. The van der Waals surface area contributed by atoms with Gasteiger partial charge in [-0.25, -0.2) is 0 Å². The molecule has 2 heterocycles. The summed E-state index contributed by atoms with van der Waals surface area (Å²) in [7, 11) is 1.81. The molecule has 1 fully saturated rings. The van der Waals surface area contributed by atoms with E-state index >= 15 is 0 Å². The zero-order chi connectivity index (χ0) is 18.4. The summed E-state index contributed by atoms with van der Waals surface area (Å²) in [5.41, 5.74) is 0. The van der Waals surface area contributed by atoms with Gasteiger partial charge in [-0.2, -0.15) is 0 Å². The summed E-state index contributed by atoms with van der Waals surface area (Å²) >= 11 is 0. The Bertz CT molecular complexity index is 611. The number of guanidine groups is 1. The van der Waals surface area contributed by atoms with Crippen LogP contribution in [0, 0.1) is 5.92 Å². The summed E-state index contributed by atoms with van der Waals surface area (Å²) in [5, 5.41) is 6.84. The summed E-state index contributed by atoms with van der Waals surface area (Å²) in [4.78, 5) is 6.91. The van der Waals surface area contributed by atoms with Crippen molar-refractivity contribution in [2.24, 2.45) is 10.9 Å². The first kappa shape index (κ1) is 22.1. The molecule has 0 radical (unpaired) electrons. The second-order valence-corrected chi connectivity index (χ2v) is 7.43. The van der Waals surface area contributed by atoms with Gasteiger partial charge in [-0.1, -0.05) is 12.1 Å². The zero-order valence-corrected chi connectivity index (χ0v) is 18.9. The number of benzene rings is 1. The fraction of sp³-hybridized carbons (Fsp3) is 0.650. The van der Waals surface area contributed by atoms with E-state index in [1.807, 2.05) is 31.3 Å². The molecule has 0 saturated carbocycles. The molecule has 1 saturated heterocycles. The van der Waals surface area contributed by atoms with E-state index in [1.165, 1.54) is 19.4 Å². The summed E-state index contributed by atoms with van der Waals surface area (Å²) in [6.07, 6.45) is 2.54. The highest BCUT2D eigenvalue weighted by molar-refractivity contribution is 14.0. The highest BCUT2D eigenvalue weighted by Crippen LogP contribution is 2.30. The van der Waals surface area contributed by atoms with Crippen LogP contribution in [0.5, 0.6) is 11.5 Å². The lowest BCUT2D eigenvalue weighted by Gasteiger charge is -2.35. The van der Waals surface area contributed by atoms with E-state index in [-0.39, 0.29) is 30.1 Å².